The van der Waals surface area contributed by atoms with Gasteiger partial charge in [-0.25, -0.2) is 9.50 Å². The molecule has 1 aliphatic rings. The molecule has 5 heteroatoms. The third-order valence-electron chi connectivity index (χ3n) is 5.05. The van der Waals surface area contributed by atoms with E-state index >= 15 is 0 Å². The first-order chi connectivity index (χ1) is 12.0. The molecule has 1 aliphatic heterocycles. The second kappa shape index (κ2) is 5.99. The Morgan fingerprint density at radius 1 is 1.16 bits per heavy atom. The molecule has 3 heterocycles. The maximum Gasteiger partial charge on any atom is 0.257 e. The molecular formula is C20H22N4O. The van der Waals surface area contributed by atoms with Gasteiger partial charge in [-0.15, -0.1) is 0 Å². The lowest BCUT2D eigenvalue weighted by Crippen LogP contribution is -2.31. The fraction of sp³-hybridized carbons (Fsp3) is 0.350. The van der Waals surface area contributed by atoms with Gasteiger partial charge in [0, 0.05) is 18.8 Å². The van der Waals surface area contributed by atoms with Crippen molar-refractivity contribution in [2.24, 2.45) is 0 Å². The Balaban J connectivity index is 1.70. The van der Waals surface area contributed by atoms with Gasteiger partial charge in [-0.05, 0) is 39.2 Å². The highest BCUT2D eigenvalue weighted by molar-refractivity contribution is 5.95. The second-order valence-corrected chi connectivity index (χ2v) is 6.88. The van der Waals surface area contributed by atoms with Gasteiger partial charge in [-0.1, -0.05) is 29.8 Å². The molecule has 1 aromatic carbocycles. The van der Waals surface area contributed by atoms with Crippen LogP contribution < -0.4 is 0 Å². The molecule has 128 valence electrons. The van der Waals surface area contributed by atoms with E-state index in [-0.39, 0.29) is 11.9 Å². The minimum Gasteiger partial charge on any atom is -0.332 e. The number of carbonyl (C=O) groups excluding carboxylic acids is 1. The number of hydrogen-bond acceptors (Lipinski definition) is 3. The largest absolute Gasteiger partial charge is 0.332 e. The number of nitrogens with zero attached hydrogens (tertiary/aromatic N) is 4. The number of rotatable bonds is 2. The minimum absolute atomic E-state index is 0.0446. The van der Waals surface area contributed by atoms with Crippen LogP contribution in [0.25, 0.3) is 5.65 Å². The molecule has 3 aromatic rings. The summed E-state index contributed by atoms with van der Waals surface area (Å²) in [6, 6.07) is 10.6. The van der Waals surface area contributed by atoms with Crippen LogP contribution in [0, 0.1) is 20.8 Å². The van der Waals surface area contributed by atoms with Gasteiger partial charge in [0.15, 0.2) is 5.65 Å². The average molecular weight is 334 g/mol. The van der Waals surface area contributed by atoms with E-state index in [4.69, 9.17) is 0 Å². The maximum atomic E-state index is 13.2. The number of hydrogen-bond donors (Lipinski definition) is 0. The lowest BCUT2D eigenvalue weighted by molar-refractivity contribution is 0.0733. The lowest BCUT2D eigenvalue weighted by atomic mass is 10.0. The van der Waals surface area contributed by atoms with Crippen molar-refractivity contribution in [2.45, 2.75) is 39.7 Å². The summed E-state index contributed by atoms with van der Waals surface area (Å²) in [5.41, 5.74) is 5.60. The van der Waals surface area contributed by atoms with Crippen LogP contribution in [-0.4, -0.2) is 31.9 Å². The van der Waals surface area contributed by atoms with Crippen LogP contribution in [0.3, 0.4) is 0 Å². The van der Waals surface area contributed by atoms with E-state index < -0.39 is 0 Å². The van der Waals surface area contributed by atoms with Crippen LogP contribution in [0.4, 0.5) is 0 Å². The monoisotopic (exact) mass is 334 g/mol. The Morgan fingerprint density at radius 2 is 1.92 bits per heavy atom. The second-order valence-electron chi connectivity index (χ2n) is 6.88. The zero-order valence-corrected chi connectivity index (χ0v) is 14.9. The Bertz CT molecular complexity index is 942. The zero-order valence-electron chi connectivity index (χ0n) is 14.9. The van der Waals surface area contributed by atoms with Crippen molar-refractivity contribution < 1.29 is 4.79 Å². The highest BCUT2D eigenvalue weighted by atomic mass is 16.2. The molecule has 1 amide bonds. The van der Waals surface area contributed by atoms with E-state index in [0.29, 0.717) is 5.56 Å². The fourth-order valence-electron chi connectivity index (χ4n) is 3.67. The van der Waals surface area contributed by atoms with Crippen LogP contribution in [0.5, 0.6) is 0 Å². The molecule has 2 aromatic heterocycles. The Hall–Kier alpha value is -2.69. The molecule has 25 heavy (non-hydrogen) atoms. The first-order valence-corrected chi connectivity index (χ1v) is 8.74. The maximum absolute atomic E-state index is 13.2. The van der Waals surface area contributed by atoms with Crippen molar-refractivity contribution in [3.8, 4) is 0 Å². The van der Waals surface area contributed by atoms with Gasteiger partial charge >= 0.3 is 0 Å². The summed E-state index contributed by atoms with van der Waals surface area (Å²) in [5.74, 6) is 0.0446. The molecule has 0 aliphatic carbocycles. The lowest BCUT2D eigenvalue weighted by Gasteiger charge is -2.26. The summed E-state index contributed by atoms with van der Waals surface area (Å²) in [7, 11) is 0. The number of benzene rings is 1. The SMILES string of the molecule is Cc1ccc(C2CCCN2C(=O)c2cnc3cc(C)nn3c2C)cc1. The molecule has 0 bridgehead atoms. The van der Waals surface area contributed by atoms with Gasteiger partial charge < -0.3 is 4.90 Å². The van der Waals surface area contributed by atoms with Crippen LogP contribution in [0.2, 0.25) is 0 Å². The van der Waals surface area contributed by atoms with Gasteiger partial charge in [0.05, 0.1) is 23.0 Å². The summed E-state index contributed by atoms with van der Waals surface area (Å²) in [4.78, 5) is 19.6. The van der Waals surface area contributed by atoms with Crippen molar-refractivity contribution in [2.75, 3.05) is 6.54 Å². The summed E-state index contributed by atoms with van der Waals surface area (Å²) in [5, 5.41) is 4.45. The number of aromatic nitrogens is 3. The van der Waals surface area contributed by atoms with E-state index in [9.17, 15) is 4.79 Å². The van der Waals surface area contributed by atoms with E-state index in [1.807, 2.05) is 24.8 Å². The quantitative estimate of drug-likeness (QED) is 0.719. The van der Waals surface area contributed by atoms with Crippen molar-refractivity contribution >= 4 is 11.6 Å². The summed E-state index contributed by atoms with van der Waals surface area (Å²) >= 11 is 0. The number of fused-ring (bicyclic) bond motifs is 1. The predicted octanol–water partition coefficient (Wildman–Crippen LogP) is 3.63. The molecule has 1 unspecified atom stereocenters. The Morgan fingerprint density at radius 3 is 2.68 bits per heavy atom. The van der Waals surface area contributed by atoms with Gasteiger partial charge in [-0.2, -0.15) is 5.10 Å². The van der Waals surface area contributed by atoms with Gasteiger partial charge in [0.1, 0.15) is 0 Å². The summed E-state index contributed by atoms with van der Waals surface area (Å²) in [6.07, 6.45) is 3.73. The molecule has 0 N–H and O–H groups in total. The zero-order chi connectivity index (χ0) is 17.6. The van der Waals surface area contributed by atoms with Crippen LogP contribution in [0.15, 0.2) is 36.5 Å². The predicted molar refractivity (Wildman–Crippen MR) is 96.7 cm³/mol. The highest BCUT2D eigenvalue weighted by Crippen LogP contribution is 2.33. The number of carbonyl (C=O) groups is 1. The molecule has 1 fully saturated rings. The third kappa shape index (κ3) is 2.69. The normalized spacial score (nSPS) is 17.4. The van der Waals surface area contributed by atoms with E-state index in [1.165, 1.54) is 11.1 Å². The molecule has 0 saturated carbocycles. The number of aryl methyl sites for hydroxylation is 3. The van der Waals surface area contributed by atoms with Gasteiger partial charge in [0.25, 0.3) is 5.91 Å². The third-order valence-corrected chi connectivity index (χ3v) is 5.05. The van der Waals surface area contributed by atoms with Crippen molar-refractivity contribution in [1.82, 2.24) is 19.5 Å². The Kier molecular flexibility index (Phi) is 3.79. The molecule has 1 atom stereocenters. The molecule has 0 radical (unpaired) electrons. The van der Waals surface area contributed by atoms with Crippen molar-refractivity contribution in [3.05, 3.63) is 64.6 Å². The first-order valence-electron chi connectivity index (χ1n) is 8.74. The summed E-state index contributed by atoms with van der Waals surface area (Å²) in [6.45, 7) is 6.74. The summed E-state index contributed by atoms with van der Waals surface area (Å²) < 4.78 is 1.76. The molecule has 1 saturated heterocycles. The van der Waals surface area contributed by atoms with E-state index in [0.717, 1.165) is 36.4 Å². The van der Waals surface area contributed by atoms with Gasteiger partial charge in [-0.3, -0.25) is 4.79 Å². The first kappa shape index (κ1) is 15.8. The van der Waals surface area contributed by atoms with E-state index in [2.05, 4.69) is 41.3 Å². The highest BCUT2D eigenvalue weighted by Gasteiger charge is 2.31. The Labute approximate surface area is 147 Å². The minimum atomic E-state index is 0.0446. The van der Waals surface area contributed by atoms with Crippen molar-refractivity contribution in [1.29, 1.82) is 0 Å². The standard InChI is InChI=1S/C20H22N4O/c1-13-6-8-16(9-7-13)18-5-4-10-23(18)20(25)17-12-21-19-11-14(2)22-24(19)15(17)3/h6-9,11-12,18H,4-5,10H2,1-3H3. The van der Waals surface area contributed by atoms with Crippen molar-refractivity contribution in [3.63, 3.8) is 0 Å². The smallest absolute Gasteiger partial charge is 0.257 e. The molecular weight excluding hydrogens is 312 g/mol. The number of likely N-dealkylation sites (tertiary alicyclic amines) is 1. The fourth-order valence-corrected chi connectivity index (χ4v) is 3.67. The average Bonchev–Trinajstić information content (AvgIpc) is 3.22. The van der Waals surface area contributed by atoms with Crippen LogP contribution >= 0.6 is 0 Å². The number of amides is 1. The van der Waals surface area contributed by atoms with Gasteiger partial charge in [0.2, 0.25) is 0 Å². The van der Waals surface area contributed by atoms with E-state index in [1.54, 1.807) is 10.7 Å². The topological polar surface area (TPSA) is 50.5 Å². The molecule has 4 rings (SSSR count). The molecule has 5 nitrogen and oxygen atoms in total. The van der Waals surface area contributed by atoms with Crippen LogP contribution in [0.1, 0.15) is 51.8 Å². The molecule has 0 spiro atoms. The van der Waals surface area contributed by atoms with Crippen LogP contribution in [-0.2, 0) is 0 Å².